The van der Waals surface area contributed by atoms with Gasteiger partial charge >= 0.3 is 0 Å². The number of methoxy groups -OCH3 is 2. The Morgan fingerprint density at radius 2 is 1.75 bits per heavy atom. The lowest BCUT2D eigenvalue weighted by Gasteiger charge is -2.24. The second-order valence-electron chi connectivity index (χ2n) is 6.80. The van der Waals surface area contributed by atoms with E-state index in [1.54, 1.807) is 32.4 Å². The van der Waals surface area contributed by atoms with Crippen LogP contribution >= 0.6 is 0 Å². The van der Waals surface area contributed by atoms with Gasteiger partial charge in [0.1, 0.15) is 11.8 Å². The van der Waals surface area contributed by atoms with Crippen LogP contribution in [0.2, 0.25) is 0 Å². The summed E-state index contributed by atoms with van der Waals surface area (Å²) in [5.41, 5.74) is 1.60. The molecule has 0 unspecified atom stereocenters. The summed E-state index contributed by atoms with van der Waals surface area (Å²) in [6, 6.07) is 13.2. The van der Waals surface area contributed by atoms with Crippen LogP contribution in [0.3, 0.4) is 0 Å². The third kappa shape index (κ3) is 5.39. The maximum absolute atomic E-state index is 12.7. The van der Waals surface area contributed by atoms with E-state index in [0.29, 0.717) is 30.2 Å². The van der Waals surface area contributed by atoms with Crippen molar-refractivity contribution < 1.29 is 23.9 Å². The van der Waals surface area contributed by atoms with E-state index in [4.69, 9.17) is 14.2 Å². The number of hydrogen-bond donors (Lipinski definition) is 2. The quantitative estimate of drug-likeness (QED) is 0.656. The maximum Gasteiger partial charge on any atom is 0.251 e. The molecule has 2 aromatic rings. The first-order valence-corrected chi connectivity index (χ1v) is 9.53. The Balaban J connectivity index is 2.12. The Hall–Kier alpha value is -2.73. The number of benzene rings is 2. The molecule has 0 heterocycles. The van der Waals surface area contributed by atoms with Crippen LogP contribution in [-0.2, 0) is 0 Å². The molecule has 6 heteroatoms. The summed E-state index contributed by atoms with van der Waals surface area (Å²) >= 11 is 0. The molecule has 2 rings (SSSR count). The second-order valence-corrected chi connectivity index (χ2v) is 6.80. The van der Waals surface area contributed by atoms with Crippen molar-refractivity contribution in [3.8, 4) is 17.2 Å². The summed E-state index contributed by atoms with van der Waals surface area (Å²) in [5, 5.41) is 3.03. The monoisotopic (exact) mass is 387 g/mol. The Labute approximate surface area is 167 Å². The minimum absolute atomic E-state index is 0.0640. The van der Waals surface area contributed by atoms with Crippen LogP contribution in [0.4, 0.5) is 0 Å². The van der Waals surface area contributed by atoms with E-state index >= 15 is 0 Å². The zero-order valence-corrected chi connectivity index (χ0v) is 17.4. The number of rotatable bonds is 10. The van der Waals surface area contributed by atoms with Gasteiger partial charge in [-0.2, -0.15) is 0 Å². The number of carbonyl (C=O) groups is 1. The standard InChI is InChI=1S/C22H30N2O4/c1-6-13-28-20-12-11-16(14-21(20)27-5)22(25)23-15-18(24(2)3)17-9-7-8-10-19(17)26-4/h7-12,14,18H,6,13,15H2,1-5H3,(H,23,25)/p+1/t18-/m1/s1. The van der Waals surface area contributed by atoms with Gasteiger partial charge in [0.05, 0.1) is 47.0 Å². The summed E-state index contributed by atoms with van der Waals surface area (Å²) in [6.45, 7) is 3.13. The van der Waals surface area contributed by atoms with Crippen LogP contribution in [0, 0.1) is 0 Å². The van der Waals surface area contributed by atoms with Crippen LogP contribution in [0.15, 0.2) is 42.5 Å². The molecule has 1 amide bonds. The summed E-state index contributed by atoms with van der Waals surface area (Å²) in [6.07, 6.45) is 0.905. The molecule has 0 fully saturated rings. The molecule has 0 radical (unpaired) electrons. The van der Waals surface area contributed by atoms with Gasteiger partial charge in [0.15, 0.2) is 11.5 Å². The van der Waals surface area contributed by atoms with Gasteiger partial charge < -0.3 is 24.4 Å². The molecule has 28 heavy (non-hydrogen) atoms. The number of amides is 1. The number of likely N-dealkylation sites (N-methyl/N-ethyl adjacent to an activating group) is 1. The number of quaternary nitrogens is 1. The largest absolute Gasteiger partial charge is 0.496 e. The molecular formula is C22H31N2O4+. The topological polar surface area (TPSA) is 61.2 Å². The highest BCUT2D eigenvalue weighted by Crippen LogP contribution is 2.28. The lowest BCUT2D eigenvalue weighted by Crippen LogP contribution is -3.07. The molecule has 0 aliphatic carbocycles. The average Bonchev–Trinajstić information content (AvgIpc) is 2.72. The van der Waals surface area contributed by atoms with Gasteiger partial charge in [-0.3, -0.25) is 4.79 Å². The van der Waals surface area contributed by atoms with Crippen molar-refractivity contribution in [1.82, 2.24) is 5.32 Å². The van der Waals surface area contributed by atoms with Crippen LogP contribution in [-0.4, -0.2) is 47.4 Å². The second kappa shape index (κ2) is 10.6. The van der Waals surface area contributed by atoms with Gasteiger partial charge in [-0.15, -0.1) is 0 Å². The molecule has 0 spiro atoms. The molecule has 0 aromatic heterocycles. The first kappa shape index (κ1) is 21.6. The average molecular weight is 388 g/mol. The van der Waals surface area contributed by atoms with E-state index in [2.05, 4.69) is 19.4 Å². The van der Waals surface area contributed by atoms with E-state index in [9.17, 15) is 4.79 Å². The summed E-state index contributed by atoms with van der Waals surface area (Å²) in [4.78, 5) is 13.9. The number of hydrogen-bond acceptors (Lipinski definition) is 4. The SMILES string of the molecule is CCCOc1ccc(C(=O)NC[C@H](c2ccccc2OC)[NH+](C)C)cc1OC. The van der Waals surface area contributed by atoms with Crippen molar-refractivity contribution >= 4 is 5.91 Å². The predicted octanol–water partition coefficient (Wildman–Crippen LogP) is 2.11. The molecule has 2 N–H and O–H groups in total. The first-order chi connectivity index (χ1) is 13.5. The Bertz CT molecular complexity index is 777. The molecule has 1 atom stereocenters. The molecule has 0 saturated heterocycles. The Morgan fingerprint density at radius 1 is 1.04 bits per heavy atom. The lowest BCUT2D eigenvalue weighted by molar-refractivity contribution is -0.890. The molecule has 0 aliphatic heterocycles. The number of para-hydroxylation sites is 1. The Morgan fingerprint density at radius 3 is 2.39 bits per heavy atom. The molecular weight excluding hydrogens is 356 g/mol. The normalized spacial score (nSPS) is 11.8. The number of carbonyl (C=O) groups excluding carboxylic acids is 1. The fourth-order valence-electron chi connectivity index (χ4n) is 3.02. The minimum atomic E-state index is -0.151. The van der Waals surface area contributed by atoms with E-state index in [1.807, 2.05) is 31.2 Å². The fourth-order valence-corrected chi connectivity index (χ4v) is 3.02. The van der Waals surface area contributed by atoms with E-state index in [0.717, 1.165) is 17.7 Å². The van der Waals surface area contributed by atoms with Crippen molar-refractivity contribution in [2.45, 2.75) is 19.4 Å². The molecule has 0 saturated carbocycles. The van der Waals surface area contributed by atoms with Crippen molar-refractivity contribution in [3.63, 3.8) is 0 Å². The summed E-state index contributed by atoms with van der Waals surface area (Å²) in [7, 11) is 7.36. The van der Waals surface area contributed by atoms with Crippen LogP contribution in [0.5, 0.6) is 17.2 Å². The van der Waals surface area contributed by atoms with E-state index in [1.165, 1.54) is 4.90 Å². The highest BCUT2D eigenvalue weighted by molar-refractivity contribution is 5.94. The first-order valence-electron chi connectivity index (χ1n) is 9.53. The summed E-state index contributed by atoms with van der Waals surface area (Å²) in [5.74, 6) is 1.87. The minimum Gasteiger partial charge on any atom is -0.496 e. The van der Waals surface area contributed by atoms with E-state index < -0.39 is 0 Å². The van der Waals surface area contributed by atoms with Gasteiger partial charge in [0.2, 0.25) is 0 Å². The highest BCUT2D eigenvalue weighted by atomic mass is 16.5. The smallest absolute Gasteiger partial charge is 0.251 e. The number of ether oxygens (including phenoxy) is 3. The van der Waals surface area contributed by atoms with Crippen molar-refractivity contribution in [3.05, 3.63) is 53.6 Å². The van der Waals surface area contributed by atoms with E-state index in [-0.39, 0.29) is 11.9 Å². The number of nitrogens with one attached hydrogen (secondary N) is 2. The van der Waals surface area contributed by atoms with Gasteiger partial charge in [-0.25, -0.2) is 0 Å². The summed E-state index contributed by atoms with van der Waals surface area (Å²) < 4.78 is 16.5. The van der Waals surface area contributed by atoms with Crippen LogP contribution < -0.4 is 24.4 Å². The van der Waals surface area contributed by atoms with Gasteiger partial charge in [-0.1, -0.05) is 19.1 Å². The molecule has 0 bridgehead atoms. The molecule has 6 nitrogen and oxygen atoms in total. The highest BCUT2D eigenvalue weighted by Gasteiger charge is 2.23. The molecule has 0 aliphatic rings. The lowest BCUT2D eigenvalue weighted by atomic mass is 10.0. The third-order valence-corrected chi connectivity index (χ3v) is 4.57. The van der Waals surface area contributed by atoms with Crippen molar-refractivity contribution in [2.24, 2.45) is 0 Å². The van der Waals surface area contributed by atoms with Crippen molar-refractivity contribution in [2.75, 3.05) is 41.5 Å². The van der Waals surface area contributed by atoms with Crippen molar-refractivity contribution in [1.29, 1.82) is 0 Å². The Kier molecular flexibility index (Phi) is 8.14. The fraction of sp³-hybridized carbons (Fsp3) is 0.409. The third-order valence-electron chi connectivity index (χ3n) is 4.57. The maximum atomic E-state index is 12.7. The molecule has 152 valence electrons. The van der Waals surface area contributed by atoms with Gasteiger partial charge in [0, 0.05) is 5.56 Å². The van der Waals surface area contributed by atoms with Gasteiger partial charge in [0.25, 0.3) is 5.91 Å². The van der Waals surface area contributed by atoms with Crippen LogP contribution in [0.1, 0.15) is 35.3 Å². The zero-order valence-electron chi connectivity index (χ0n) is 17.4. The zero-order chi connectivity index (χ0) is 20.5. The van der Waals surface area contributed by atoms with Gasteiger partial charge in [-0.05, 0) is 36.8 Å². The van der Waals surface area contributed by atoms with Crippen LogP contribution in [0.25, 0.3) is 0 Å². The molecule has 2 aromatic carbocycles. The predicted molar refractivity (Wildman–Crippen MR) is 110 cm³/mol.